The summed E-state index contributed by atoms with van der Waals surface area (Å²) in [5.74, 6) is 0.417. The molecule has 2 aliphatic rings. The highest BCUT2D eigenvalue weighted by Gasteiger charge is 2.31. The second-order valence-electron chi connectivity index (χ2n) is 9.60. The van der Waals surface area contributed by atoms with E-state index in [9.17, 15) is 18.3 Å². The molecule has 2 atom stereocenters. The number of hydrogen-bond donors (Lipinski definition) is 2. The minimum absolute atomic E-state index is 0.0102. The highest BCUT2D eigenvalue weighted by atomic mass is 127. The first-order valence-electron chi connectivity index (χ1n) is 13.1. The van der Waals surface area contributed by atoms with Gasteiger partial charge in [-0.1, -0.05) is 25.0 Å². The highest BCUT2D eigenvalue weighted by molar-refractivity contribution is 14.1. The third-order valence-electron chi connectivity index (χ3n) is 6.96. The maximum Gasteiger partial charge on any atom is 0.286 e. The molecule has 2 N–H and O–H groups in total. The van der Waals surface area contributed by atoms with Gasteiger partial charge in [-0.15, -0.1) is 0 Å². The van der Waals surface area contributed by atoms with Gasteiger partial charge >= 0.3 is 0 Å². The molecule has 39 heavy (non-hydrogen) atoms. The Morgan fingerprint density at radius 3 is 2.44 bits per heavy atom. The minimum atomic E-state index is -3.87. The first-order chi connectivity index (χ1) is 18.8. The number of carbonyl (C=O) groups is 1. The van der Waals surface area contributed by atoms with Crippen LogP contribution in [-0.2, 0) is 24.3 Å². The molecular formula is C28H35IN2O7S. The second kappa shape index (κ2) is 13.9. The molecule has 0 saturated heterocycles. The molecule has 1 heterocycles. The average molecular weight is 671 g/mol. The Balaban J connectivity index is 1.44. The average Bonchev–Trinajstić information content (AvgIpc) is 3.46. The van der Waals surface area contributed by atoms with Gasteiger partial charge in [0.05, 0.1) is 25.2 Å². The number of aliphatic hydroxyl groups excluding tert-OH is 1. The normalized spacial score (nSPS) is 19.9. The van der Waals surface area contributed by atoms with Crippen LogP contribution in [0.4, 0.5) is 0 Å². The molecule has 4 rings (SSSR count). The number of sulfonamides is 1. The summed E-state index contributed by atoms with van der Waals surface area (Å²) in [6.07, 6.45) is 5.72. The number of aliphatic hydroxyl groups is 1. The number of amides is 1. The molecule has 0 aromatic heterocycles. The number of benzene rings is 2. The summed E-state index contributed by atoms with van der Waals surface area (Å²) in [5, 5.41) is 12.6. The fourth-order valence-electron chi connectivity index (χ4n) is 4.83. The molecule has 2 aromatic carbocycles. The number of hydrogen-bond acceptors (Lipinski definition) is 7. The van der Waals surface area contributed by atoms with Crippen LogP contribution in [0, 0.1) is 3.57 Å². The van der Waals surface area contributed by atoms with E-state index in [1.165, 1.54) is 23.5 Å². The molecule has 1 amide bonds. The van der Waals surface area contributed by atoms with Gasteiger partial charge in [-0.3, -0.25) is 4.79 Å². The van der Waals surface area contributed by atoms with Crippen molar-refractivity contribution in [3.05, 3.63) is 69.5 Å². The van der Waals surface area contributed by atoms with Crippen molar-refractivity contribution in [2.24, 2.45) is 0 Å². The van der Waals surface area contributed by atoms with Gasteiger partial charge in [-0.25, -0.2) is 8.42 Å². The first-order valence-corrected chi connectivity index (χ1v) is 15.6. The Bertz CT molecular complexity index is 1230. The summed E-state index contributed by atoms with van der Waals surface area (Å²) in [6.45, 7) is -0.380. The standard InChI is InChI=1S/C28H35IN2O7S/c1-36-24-10-12-25(13-11-24)39(34,35)31(14-16-32)15-17-37-27-19-21(20-6-8-22(29)9-7-20)18-26(38-27)28(33)30-23-4-2-3-5-23/h6-13,18,21,23,27,32H,2-5,14-17,19H2,1H3,(H,30,33)/t21-,27+/m0/s1. The lowest BCUT2D eigenvalue weighted by Gasteiger charge is -2.30. The molecule has 1 aliphatic carbocycles. The van der Waals surface area contributed by atoms with Crippen molar-refractivity contribution in [1.29, 1.82) is 0 Å². The maximum atomic E-state index is 13.2. The third-order valence-corrected chi connectivity index (χ3v) is 9.59. The molecule has 0 bridgehead atoms. The number of allylic oxidation sites excluding steroid dienone is 1. The van der Waals surface area contributed by atoms with E-state index < -0.39 is 16.3 Å². The van der Waals surface area contributed by atoms with E-state index in [4.69, 9.17) is 14.2 Å². The van der Waals surface area contributed by atoms with Gasteiger partial charge in [-0.2, -0.15) is 4.31 Å². The second-order valence-corrected chi connectivity index (χ2v) is 12.8. The number of carbonyl (C=O) groups excluding carboxylic acids is 1. The van der Waals surface area contributed by atoms with Gasteiger partial charge < -0.3 is 24.6 Å². The Hall–Kier alpha value is -2.19. The fraction of sp³-hybridized carbons (Fsp3) is 0.464. The summed E-state index contributed by atoms with van der Waals surface area (Å²) in [5.41, 5.74) is 1.04. The largest absolute Gasteiger partial charge is 0.497 e. The van der Waals surface area contributed by atoms with E-state index in [2.05, 4.69) is 27.9 Å². The summed E-state index contributed by atoms with van der Waals surface area (Å²) in [6, 6.07) is 14.3. The number of ether oxygens (including phenoxy) is 3. The number of methoxy groups -OCH3 is 1. The summed E-state index contributed by atoms with van der Waals surface area (Å²) < 4.78 is 45.8. The molecule has 1 fully saturated rings. The molecular weight excluding hydrogens is 635 g/mol. The lowest BCUT2D eigenvalue weighted by Crippen LogP contribution is -2.39. The fourth-order valence-corrected chi connectivity index (χ4v) is 6.61. The molecule has 1 saturated carbocycles. The molecule has 0 radical (unpaired) electrons. The number of nitrogens with one attached hydrogen (secondary N) is 1. The van der Waals surface area contributed by atoms with Crippen molar-refractivity contribution in [3.63, 3.8) is 0 Å². The minimum Gasteiger partial charge on any atom is -0.497 e. The zero-order valence-electron chi connectivity index (χ0n) is 21.9. The zero-order valence-corrected chi connectivity index (χ0v) is 24.9. The lowest BCUT2D eigenvalue weighted by atomic mass is 9.93. The highest BCUT2D eigenvalue weighted by Crippen LogP contribution is 2.32. The van der Waals surface area contributed by atoms with Crippen LogP contribution < -0.4 is 10.1 Å². The van der Waals surface area contributed by atoms with Gasteiger partial charge in [0.15, 0.2) is 5.76 Å². The van der Waals surface area contributed by atoms with Gasteiger partial charge in [0.2, 0.25) is 16.3 Å². The van der Waals surface area contributed by atoms with Gasteiger partial charge in [0.1, 0.15) is 5.75 Å². The van der Waals surface area contributed by atoms with E-state index >= 15 is 0 Å². The molecule has 11 heteroatoms. The predicted octanol–water partition coefficient (Wildman–Crippen LogP) is 3.77. The van der Waals surface area contributed by atoms with Gasteiger partial charge in [0.25, 0.3) is 5.91 Å². The third kappa shape index (κ3) is 7.94. The Labute approximate surface area is 243 Å². The quantitative estimate of drug-likeness (QED) is 0.331. The SMILES string of the molecule is COc1ccc(S(=O)(=O)N(CCO)CCO[C@H]2C[C@@H](c3ccc(I)cc3)C=C(C(=O)NC3CCCC3)O2)cc1. The maximum absolute atomic E-state index is 13.2. The molecule has 1 aliphatic heterocycles. The zero-order chi connectivity index (χ0) is 27.8. The molecule has 212 valence electrons. The van der Waals surface area contributed by atoms with Crippen molar-refractivity contribution in [2.45, 2.75) is 55.2 Å². The van der Waals surface area contributed by atoms with Crippen molar-refractivity contribution in [2.75, 3.05) is 33.4 Å². The monoisotopic (exact) mass is 670 g/mol. The Morgan fingerprint density at radius 1 is 1.10 bits per heavy atom. The topological polar surface area (TPSA) is 114 Å². The number of halogens is 1. The van der Waals surface area contributed by atoms with Crippen LogP contribution in [-0.4, -0.2) is 69.5 Å². The van der Waals surface area contributed by atoms with Crippen LogP contribution >= 0.6 is 22.6 Å². The van der Waals surface area contributed by atoms with E-state index in [1.807, 2.05) is 30.3 Å². The predicted molar refractivity (Wildman–Crippen MR) is 155 cm³/mol. The van der Waals surface area contributed by atoms with Crippen molar-refractivity contribution < 1.29 is 32.5 Å². The summed E-state index contributed by atoms with van der Waals surface area (Å²) in [4.78, 5) is 13.1. The van der Waals surface area contributed by atoms with Crippen molar-refractivity contribution in [1.82, 2.24) is 9.62 Å². The summed E-state index contributed by atoms with van der Waals surface area (Å²) in [7, 11) is -2.36. The lowest BCUT2D eigenvalue weighted by molar-refractivity contribution is -0.146. The Morgan fingerprint density at radius 2 is 1.79 bits per heavy atom. The summed E-state index contributed by atoms with van der Waals surface area (Å²) >= 11 is 2.25. The number of nitrogens with zero attached hydrogens (tertiary/aromatic N) is 1. The van der Waals surface area contributed by atoms with E-state index in [1.54, 1.807) is 12.1 Å². The first kappa shape index (κ1) is 29.8. The van der Waals surface area contributed by atoms with E-state index in [0.717, 1.165) is 34.8 Å². The van der Waals surface area contributed by atoms with Crippen LogP contribution in [0.5, 0.6) is 5.75 Å². The molecule has 9 nitrogen and oxygen atoms in total. The molecule has 0 spiro atoms. The van der Waals surface area contributed by atoms with Crippen LogP contribution in [0.3, 0.4) is 0 Å². The van der Waals surface area contributed by atoms with Gasteiger partial charge in [0, 0.05) is 35.0 Å². The van der Waals surface area contributed by atoms with E-state index in [-0.39, 0.29) is 54.8 Å². The van der Waals surface area contributed by atoms with Crippen molar-refractivity contribution >= 4 is 38.5 Å². The molecule has 2 aromatic rings. The molecule has 0 unspecified atom stereocenters. The van der Waals surface area contributed by atoms with Crippen LogP contribution in [0.2, 0.25) is 0 Å². The van der Waals surface area contributed by atoms with E-state index in [0.29, 0.717) is 12.2 Å². The van der Waals surface area contributed by atoms with Crippen LogP contribution in [0.25, 0.3) is 0 Å². The van der Waals surface area contributed by atoms with Crippen LogP contribution in [0.1, 0.15) is 43.6 Å². The van der Waals surface area contributed by atoms with Crippen molar-refractivity contribution in [3.8, 4) is 5.75 Å². The van der Waals surface area contributed by atoms with Gasteiger partial charge in [-0.05, 0) is 83.5 Å². The Kier molecular flexibility index (Phi) is 10.6. The number of rotatable bonds is 12. The van der Waals surface area contributed by atoms with Crippen LogP contribution in [0.15, 0.2) is 65.3 Å². The smallest absolute Gasteiger partial charge is 0.286 e.